The van der Waals surface area contributed by atoms with Crippen molar-refractivity contribution in [2.45, 2.75) is 63.2 Å². The van der Waals surface area contributed by atoms with Gasteiger partial charge in [-0.05, 0) is 56.3 Å². The van der Waals surface area contributed by atoms with Gasteiger partial charge in [-0.3, -0.25) is 30.0 Å². The Bertz CT molecular complexity index is 832. The fraction of sp³-hybridized carbons (Fsp3) is 0.650. The molecular weight excluding hydrogens is 408 g/mol. The number of rotatable bonds is 7. The number of carboxylic acids is 1. The number of carboxylic acid groups (broad SMARTS) is 1. The van der Waals surface area contributed by atoms with Crippen molar-refractivity contribution in [1.29, 1.82) is 0 Å². The molecule has 0 saturated heterocycles. The Labute approximate surface area is 178 Å². The van der Waals surface area contributed by atoms with Gasteiger partial charge in [0.2, 0.25) is 17.7 Å². The highest BCUT2D eigenvalue weighted by atomic mass is 32.1. The van der Waals surface area contributed by atoms with Crippen LogP contribution in [0.4, 0.5) is 5.13 Å². The van der Waals surface area contributed by atoms with E-state index in [9.17, 15) is 19.2 Å². The molecule has 30 heavy (non-hydrogen) atoms. The van der Waals surface area contributed by atoms with Crippen LogP contribution in [0.1, 0.15) is 63.5 Å². The van der Waals surface area contributed by atoms with Crippen molar-refractivity contribution in [3.8, 4) is 0 Å². The highest BCUT2D eigenvalue weighted by Gasteiger charge is 2.52. The third kappa shape index (κ3) is 4.63. The molecule has 0 aromatic carbocycles. The molecule has 1 heterocycles. The van der Waals surface area contributed by atoms with Crippen LogP contribution in [0.3, 0.4) is 0 Å². The van der Waals surface area contributed by atoms with Crippen molar-refractivity contribution in [3.05, 3.63) is 11.1 Å². The van der Waals surface area contributed by atoms with Crippen molar-refractivity contribution in [2.75, 3.05) is 5.32 Å². The van der Waals surface area contributed by atoms with Gasteiger partial charge in [0.05, 0.1) is 12.1 Å². The average Bonchev–Trinajstić information content (AvgIpc) is 3.12. The Hall–Kier alpha value is -2.49. The van der Waals surface area contributed by atoms with Crippen molar-refractivity contribution in [2.24, 2.45) is 17.8 Å². The maximum atomic E-state index is 12.1. The molecule has 10 heteroatoms. The van der Waals surface area contributed by atoms with Gasteiger partial charge in [0.15, 0.2) is 5.13 Å². The molecule has 3 amide bonds. The topological polar surface area (TPSA) is 137 Å². The van der Waals surface area contributed by atoms with Crippen LogP contribution >= 0.6 is 11.3 Å². The van der Waals surface area contributed by atoms with Gasteiger partial charge in [0.25, 0.3) is 0 Å². The summed E-state index contributed by atoms with van der Waals surface area (Å²) in [5.74, 6) is -0.507. The molecule has 0 radical (unpaired) electrons. The van der Waals surface area contributed by atoms with Crippen LogP contribution < -0.4 is 16.2 Å². The molecular formula is C20H26N4O5S. The van der Waals surface area contributed by atoms with Crippen molar-refractivity contribution >= 4 is 40.2 Å². The molecule has 0 atom stereocenters. The van der Waals surface area contributed by atoms with Gasteiger partial charge < -0.3 is 10.4 Å². The zero-order valence-corrected chi connectivity index (χ0v) is 17.4. The maximum Gasteiger partial charge on any atom is 0.303 e. The first kappa shape index (κ1) is 20.8. The molecule has 0 unspecified atom stereocenters. The van der Waals surface area contributed by atoms with E-state index in [0.29, 0.717) is 5.13 Å². The van der Waals surface area contributed by atoms with Crippen molar-refractivity contribution in [3.63, 3.8) is 0 Å². The summed E-state index contributed by atoms with van der Waals surface area (Å²) in [5, 5.41) is 13.7. The number of hydrogen-bond donors (Lipinski definition) is 4. The molecule has 4 N–H and O–H groups in total. The Morgan fingerprint density at radius 1 is 0.967 bits per heavy atom. The summed E-state index contributed by atoms with van der Waals surface area (Å²) in [6.45, 7) is 0. The number of amides is 3. The fourth-order valence-electron chi connectivity index (χ4n) is 5.77. The van der Waals surface area contributed by atoms with Crippen LogP contribution in [-0.4, -0.2) is 33.8 Å². The van der Waals surface area contributed by atoms with Gasteiger partial charge >= 0.3 is 5.97 Å². The van der Waals surface area contributed by atoms with Crippen molar-refractivity contribution in [1.82, 2.24) is 15.8 Å². The van der Waals surface area contributed by atoms with E-state index in [1.807, 2.05) is 5.38 Å². The largest absolute Gasteiger partial charge is 0.481 e. The quantitative estimate of drug-likeness (QED) is 0.382. The molecule has 4 aliphatic carbocycles. The monoisotopic (exact) mass is 434 g/mol. The van der Waals surface area contributed by atoms with Gasteiger partial charge in [-0.25, -0.2) is 4.98 Å². The van der Waals surface area contributed by atoms with E-state index in [4.69, 9.17) is 10.1 Å². The molecule has 1 aromatic heterocycles. The van der Waals surface area contributed by atoms with Gasteiger partial charge in [0.1, 0.15) is 6.42 Å². The van der Waals surface area contributed by atoms with Crippen LogP contribution in [0.2, 0.25) is 0 Å². The molecule has 4 saturated carbocycles. The number of aromatic nitrogens is 1. The lowest BCUT2D eigenvalue weighted by atomic mass is 9.49. The van der Waals surface area contributed by atoms with E-state index < -0.39 is 30.1 Å². The third-order valence-corrected chi connectivity index (χ3v) is 7.32. The third-order valence-electron chi connectivity index (χ3n) is 6.56. The lowest BCUT2D eigenvalue weighted by Gasteiger charge is -2.56. The Morgan fingerprint density at radius 3 is 2.17 bits per heavy atom. The SMILES string of the molecule is O=C(O)CCC(=O)NNC(=O)CC(=O)Nc1nc(C23CC4CC(CC(C4)C2)C3)cs1. The molecule has 9 nitrogen and oxygen atoms in total. The highest BCUT2D eigenvalue weighted by Crippen LogP contribution is 2.60. The van der Waals surface area contributed by atoms with E-state index >= 15 is 0 Å². The molecule has 1 aromatic rings. The van der Waals surface area contributed by atoms with Crippen LogP contribution in [0.25, 0.3) is 0 Å². The molecule has 4 fully saturated rings. The highest BCUT2D eigenvalue weighted by molar-refractivity contribution is 7.14. The maximum absolute atomic E-state index is 12.1. The van der Waals surface area contributed by atoms with E-state index in [2.05, 4.69) is 16.2 Å². The minimum absolute atomic E-state index is 0.159. The summed E-state index contributed by atoms with van der Waals surface area (Å²) in [5.41, 5.74) is 5.44. The second-order valence-corrected chi connectivity index (χ2v) is 9.81. The van der Waals surface area contributed by atoms with Crippen LogP contribution in [0.15, 0.2) is 5.38 Å². The number of nitrogens with one attached hydrogen (secondary N) is 3. The van der Waals surface area contributed by atoms with Crippen LogP contribution in [-0.2, 0) is 24.6 Å². The Kier molecular flexibility index (Phi) is 5.77. The summed E-state index contributed by atoms with van der Waals surface area (Å²) < 4.78 is 0. The first-order valence-corrected chi connectivity index (χ1v) is 11.2. The lowest BCUT2D eigenvalue weighted by Crippen LogP contribution is -2.48. The summed E-state index contributed by atoms with van der Waals surface area (Å²) >= 11 is 1.38. The lowest BCUT2D eigenvalue weighted by molar-refractivity contribution is -0.139. The van der Waals surface area contributed by atoms with Crippen molar-refractivity contribution < 1.29 is 24.3 Å². The first-order valence-electron chi connectivity index (χ1n) is 10.4. The molecule has 162 valence electrons. The number of carbonyl (C=O) groups is 4. The summed E-state index contributed by atoms with van der Waals surface area (Å²) in [6, 6.07) is 0. The number of nitrogens with zero attached hydrogens (tertiary/aromatic N) is 1. The zero-order valence-electron chi connectivity index (χ0n) is 16.6. The summed E-state index contributed by atoms with van der Waals surface area (Å²) in [7, 11) is 0. The minimum atomic E-state index is -1.10. The van der Waals surface area contributed by atoms with E-state index in [-0.39, 0.29) is 18.3 Å². The smallest absolute Gasteiger partial charge is 0.303 e. The Balaban J connectivity index is 1.26. The number of aliphatic carboxylic acids is 1. The number of hydrogen-bond acceptors (Lipinski definition) is 6. The fourth-order valence-corrected chi connectivity index (χ4v) is 6.62. The van der Waals surface area contributed by atoms with E-state index in [1.54, 1.807) is 0 Å². The predicted molar refractivity (Wildman–Crippen MR) is 108 cm³/mol. The number of thiazole rings is 1. The summed E-state index contributed by atoms with van der Waals surface area (Å²) in [6.07, 6.45) is 6.59. The zero-order chi connectivity index (χ0) is 21.3. The molecule has 0 spiro atoms. The second-order valence-electron chi connectivity index (χ2n) is 8.95. The van der Waals surface area contributed by atoms with Gasteiger partial charge in [-0.15, -0.1) is 11.3 Å². The van der Waals surface area contributed by atoms with Crippen LogP contribution in [0.5, 0.6) is 0 Å². The molecule has 4 aliphatic rings. The predicted octanol–water partition coefficient (Wildman–Crippen LogP) is 1.95. The molecule has 0 aliphatic heterocycles. The van der Waals surface area contributed by atoms with Gasteiger partial charge in [-0.2, -0.15) is 0 Å². The molecule has 4 bridgehead atoms. The van der Waals surface area contributed by atoms with Crippen LogP contribution in [0, 0.1) is 17.8 Å². The normalized spacial score (nSPS) is 28.7. The van der Waals surface area contributed by atoms with E-state index in [1.165, 1.54) is 49.9 Å². The first-order chi connectivity index (χ1) is 14.3. The van der Waals surface area contributed by atoms with Gasteiger partial charge in [-0.1, -0.05) is 0 Å². The second kappa shape index (κ2) is 8.33. The number of hydrazine groups is 1. The summed E-state index contributed by atoms with van der Waals surface area (Å²) in [4.78, 5) is 50.4. The average molecular weight is 435 g/mol. The van der Waals surface area contributed by atoms with E-state index in [0.717, 1.165) is 23.4 Å². The Morgan fingerprint density at radius 2 is 1.57 bits per heavy atom. The molecule has 5 rings (SSSR count). The standard InChI is InChI=1S/C20H26N4O5S/c25-15(1-2-18(28)29)23-24-17(27)6-16(26)22-19-21-14(10-30-19)20-7-11-3-12(8-20)5-13(4-11)9-20/h10-13H,1-9H2,(H,23,25)(H,24,27)(H,28,29)(H,21,22,26). The number of anilines is 1. The number of carbonyl (C=O) groups excluding carboxylic acids is 3. The minimum Gasteiger partial charge on any atom is -0.481 e. The van der Waals surface area contributed by atoms with Gasteiger partial charge in [0, 0.05) is 17.2 Å².